The fourth-order valence-electron chi connectivity index (χ4n) is 2.23. The lowest BCUT2D eigenvalue weighted by Crippen LogP contribution is -2.15. The molecule has 0 saturated heterocycles. The topological polar surface area (TPSA) is 12.0 Å². The van der Waals surface area contributed by atoms with Crippen LogP contribution < -0.4 is 5.32 Å². The maximum Gasteiger partial charge on any atom is 0.0823 e. The first-order valence-corrected chi connectivity index (χ1v) is 7.80. The number of anilines is 1. The van der Waals surface area contributed by atoms with Gasteiger partial charge in [-0.3, -0.25) is 0 Å². The first-order chi connectivity index (χ1) is 9.24. The number of hydrogen-bond acceptors (Lipinski definition) is 2. The second kappa shape index (κ2) is 5.66. The number of fused-ring (bicyclic) bond motifs is 1. The Morgan fingerprint density at radius 1 is 1.11 bits per heavy atom. The van der Waals surface area contributed by atoms with E-state index in [1.54, 1.807) is 6.07 Å². The molecule has 1 atom stereocenters. The van der Waals surface area contributed by atoms with Crippen molar-refractivity contribution in [2.24, 2.45) is 0 Å². The highest BCUT2D eigenvalue weighted by atomic mass is 35.5. The number of rotatable bonds is 3. The van der Waals surface area contributed by atoms with E-state index in [0.29, 0.717) is 15.3 Å². The maximum atomic E-state index is 6.17. The highest BCUT2D eigenvalue weighted by Gasteiger charge is 2.21. The molecule has 1 aliphatic rings. The van der Waals surface area contributed by atoms with E-state index in [-0.39, 0.29) is 0 Å². The molecule has 0 bridgehead atoms. The average Bonchev–Trinajstić information content (AvgIpc) is 2.83. The largest absolute Gasteiger partial charge is 0.383 e. The van der Waals surface area contributed by atoms with Crippen molar-refractivity contribution in [2.75, 3.05) is 11.9 Å². The normalized spacial score (nSPS) is 17.3. The summed E-state index contributed by atoms with van der Waals surface area (Å²) in [6, 6.07) is 14.3. The van der Waals surface area contributed by atoms with Gasteiger partial charge in [0.15, 0.2) is 0 Å². The van der Waals surface area contributed by atoms with Crippen molar-refractivity contribution in [1.82, 2.24) is 0 Å². The van der Waals surface area contributed by atoms with Gasteiger partial charge in [-0.2, -0.15) is 0 Å². The molecule has 1 heterocycles. The Kier molecular flexibility index (Phi) is 3.92. The summed E-state index contributed by atoms with van der Waals surface area (Å²) in [7, 11) is 0. The summed E-state index contributed by atoms with van der Waals surface area (Å²) in [5, 5.41) is 5.14. The molecule has 2 aromatic carbocycles. The van der Waals surface area contributed by atoms with Crippen LogP contribution in [0.25, 0.3) is 0 Å². The number of hydrogen-bond donors (Lipinski definition) is 1. The summed E-state index contributed by atoms with van der Waals surface area (Å²) >= 11 is 14.1. The third-order valence-corrected chi connectivity index (χ3v) is 5.32. The van der Waals surface area contributed by atoms with Crippen molar-refractivity contribution in [3.63, 3.8) is 0 Å². The monoisotopic (exact) mass is 309 g/mol. The van der Waals surface area contributed by atoms with Crippen molar-refractivity contribution in [1.29, 1.82) is 0 Å². The van der Waals surface area contributed by atoms with Crippen molar-refractivity contribution >= 4 is 40.7 Å². The molecule has 19 heavy (non-hydrogen) atoms. The van der Waals surface area contributed by atoms with Crippen LogP contribution in [0.2, 0.25) is 10.0 Å². The highest BCUT2D eigenvalue weighted by Crippen LogP contribution is 2.37. The zero-order chi connectivity index (χ0) is 13.2. The lowest BCUT2D eigenvalue weighted by atomic mass is 10.1. The SMILES string of the molecule is Clc1cccc(NCC2Cc3ccccc3S2)c1Cl. The molecule has 1 N–H and O–H groups in total. The number of benzene rings is 2. The van der Waals surface area contributed by atoms with E-state index in [4.69, 9.17) is 23.2 Å². The summed E-state index contributed by atoms with van der Waals surface area (Å²) in [5.41, 5.74) is 2.35. The zero-order valence-corrected chi connectivity index (χ0v) is 12.5. The summed E-state index contributed by atoms with van der Waals surface area (Å²) < 4.78 is 0. The van der Waals surface area contributed by atoms with E-state index in [0.717, 1.165) is 18.7 Å². The summed E-state index contributed by atoms with van der Waals surface area (Å²) in [6.45, 7) is 0.888. The minimum atomic E-state index is 0.549. The van der Waals surface area contributed by atoms with Gasteiger partial charge in [0, 0.05) is 16.7 Å². The van der Waals surface area contributed by atoms with E-state index >= 15 is 0 Å². The zero-order valence-electron chi connectivity index (χ0n) is 10.2. The molecule has 0 fully saturated rings. The fraction of sp³-hybridized carbons (Fsp3) is 0.200. The molecular formula is C15H13Cl2NS. The lowest BCUT2D eigenvalue weighted by Gasteiger charge is -2.13. The van der Waals surface area contributed by atoms with Crippen molar-refractivity contribution in [3.05, 3.63) is 58.1 Å². The molecule has 3 rings (SSSR count). The van der Waals surface area contributed by atoms with Crippen LogP contribution in [0.3, 0.4) is 0 Å². The molecule has 1 unspecified atom stereocenters. The van der Waals surface area contributed by atoms with Crippen molar-refractivity contribution in [2.45, 2.75) is 16.6 Å². The van der Waals surface area contributed by atoms with E-state index < -0.39 is 0 Å². The molecule has 0 amide bonds. The smallest absolute Gasteiger partial charge is 0.0823 e. The Balaban J connectivity index is 1.64. The molecule has 0 spiro atoms. The molecule has 0 aliphatic carbocycles. The predicted octanol–water partition coefficient (Wildman–Crippen LogP) is 5.12. The fourth-order valence-corrected chi connectivity index (χ4v) is 3.85. The standard InChI is InChI=1S/C15H13Cl2NS/c16-12-5-3-6-13(15(12)17)18-9-11-8-10-4-1-2-7-14(10)19-11/h1-7,11,18H,8-9H2. The van der Waals surface area contributed by atoms with Gasteiger partial charge in [-0.15, -0.1) is 11.8 Å². The summed E-state index contributed by atoms with van der Waals surface area (Å²) in [6.07, 6.45) is 1.10. The Labute approximate surface area is 127 Å². The molecule has 4 heteroatoms. The van der Waals surface area contributed by atoms with Crippen LogP contribution in [0.15, 0.2) is 47.4 Å². The van der Waals surface area contributed by atoms with Crippen LogP contribution in [-0.4, -0.2) is 11.8 Å². The quantitative estimate of drug-likeness (QED) is 0.844. The number of halogens is 2. The second-order valence-corrected chi connectivity index (χ2v) is 6.66. The molecule has 98 valence electrons. The molecular weight excluding hydrogens is 297 g/mol. The molecule has 0 radical (unpaired) electrons. The van der Waals surface area contributed by atoms with Crippen molar-refractivity contribution < 1.29 is 0 Å². The van der Waals surface area contributed by atoms with E-state index in [1.807, 2.05) is 23.9 Å². The van der Waals surface area contributed by atoms with Gasteiger partial charge in [0.05, 0.1) is 15.7 Å². The average molecular weight is 310 g/mol. The van der Waals surface area contributed by atoms with Gasteiger partial charge < -0.3 is 5.32 Å². The molecule has 1 nitrogen and oxygen atoms in total. The van der Waals surface area contributed by atoms with Crippen LogP contribution in [-0.2, 0) is 6.42 Å². The number of thioether (sulfide) groups is 1. The Morgan fingerprint density at radius 2 is 1.95 bits per heavy atom. The minimum Gasteiger partial charge on any atom is -0.383 e. The first-order valence-electron chi connectivity index (χ1n) is 6.16. The van der Waals surface area contributed by atoms with Gasteiger partial charge in [0.1, 0.15) is 0 Å². The van der Waals surface area contributed by atoms with Gasteiger partial charge in [-0.1, -0.05) is 47.5 Å². The van der Waals surface area contributed by atoms with Crippen LogP contribution in [0, 0.1) is 0 Å². The summed E-state index contributed by atoms with van der Waals surface area (Å²) in [4.78, 5) is 1.39. The third-order valence-electron chi connectivity index (χ3n) is 3.19. The predicted molar refractivity (Wildman–Crippen MR) is 84.7 cm³/mol. The Bertz CT molecular complexity index is 575. The van der Waals surface area contributed by atoms with Crippen LogP contribution >= 0.6 is 35.0 Å². The van der Waals surface area contributed by atoms with Gasteiger partial charge in [0.25, 0.3) is 0 Å². The van der Waals surface area contributed by atoms with Gasteiger partial charge in [0.2, 0.25) is 0 Å². The van der Waals surface area contributed by atoms with Crippen LogP contribution in [0.1, 0.15) is 5.56 Å². The van der Waals surface area contributed by atoms with Gasteiger partial charge in [-0.05, 0) is 30.2 Å². The van der Waals surface area contributed by atoms with Crippen molar-refractivity contribution in [3.8, 4) is 0 Å². The molecule has 0 aromatic heterocycles. The molecule has 2 aromatic rings. The Morgan fingerprint density at radius 3 is 2.79 bits per heavy atom. The van der Waals surface area contributed by atoms with E-state index in [2.05, 4.69) is 29.6 Å². The second-order valence-electron chi connectivity index (χ2n) is 4.53. The van der Waals surface area contributed by atoms with E-state index in [1.165, 1.54) is 10.5 Å². The Hall–Kier alpha value is -0.830. The maximum absolute atomic E-state index is 6.17. The van der Waals surface area contributed by atoms with Crippen LogP contribution in [0.4, 0.5) is 5.69 Å². The number of nitrogens with one attached hydrogen (secondary N) is 1. The summed E-state index contributed by atoms with van der Waals surface area (Å²) in [5.74, 6) is 0. The third kappa shape index (κ3) is 2.86. The van der Waals surface area contributed by atoms with Gasteiger partial charge in [-0.25, -0.2) is 0 Å². The van der Waals surface area contributed by atoms with Crippen LogP contribution in [0.5, 0.6) is 0 Å². The van der Waals surface area contributed by atoms with Gasteiger partial charge >= 0.3 is 0 Å². The van der Waals surface area contributed by atoms with E-state index in [9.17, 15) is 0 Å². The minimum absolute atomic E-state index is 0.549. The molecule has 1 aliphatic heterocycles. The molecule has 0 saturated carbocycles. The first kappa shape index (κ1) is 13.2. The lowest BCUT2D eigenvalue weighted by molar-refractivity contribution is 0.899. The highest BCUT2D eigenvalue weighted by molar-refractivity contribution is 8.00.